The van der Waals surface area contributed by atoms with Crippen LogP contribution in [0, 0.1) is 19.8 Å². The monoisotopic (exact) mass is 268 g/mol. The maximum atomic E-state index is 3.59. The van der Waals surface area contributed by atoms with E-state index in [1.54, 1.807) is 0 Å². The van der Waals surface area contributed by atoms with E-state index in [9.17, 15) is 0 Å². The molecule has 1 saturated carbocycles. The highest BCUT2D eigenvalue weighted by molar-refractivity contribution is 5.40. The van der Waals surface area contributed by atoms with Gasteiger partial charge in [0, 0.05) is 23.6 Å². The maximum Gasteiger partial charge on any atom is 0.0455 e. The van der Waals surface area contributed by atoms with Gasteiger partial charge in [0.25, 0.3) is 0 Å². The first-order valence-corrected chi connectivity index (χ1v) is 7.69. The van der Waals surface area contributed by atoms with Crippen LogP contribution in [0.1, 0.15) is 36.2 Å². The summed E-state index contributed by atoms with van der Waals surface area (Å²) in [6.45, 7) is 6.55. The Labute approximate surface area is 121 Å². The summed E-state index contributed by atoms with van der Waals surface area (Å²) in [5, 5.41) is 3.59. The van der Waals surface area contributed by atoms with Crippen LogP contribution in [0.3, 0.4) is 0 Å². The number of hydrogen-bond donors (Lipinski definition) is 1. The molecule has 20 heavy (non-hydrogen) atoms. The fourth-order valence-corrected chi connectivity index (χ4v) is 2.92. The van der Waals surface area contributed by atoms with Gasteiger partial charge in [0.05, 0.1) is 0 Å². The molecular weight excluding hydrogens is 244 g/mol. The number of aromatic nitrogens is 1. The van der Waals surface area contributed by atoms with Gasteiger partial charge in [-0.15, -0.1) is 0 Å². The summed E-state index contributed by atoms with van der Waals surface area (Å²) in [4.78, 5) is 0. The van der Waals surface area contributed by atoms with E-state index in [2.05, 4.69) is 60.1 Å². The lowest BCUT2D eigenvalue weighted by Crippen LogP contribution is -2.15. The molecule has 0 bridgehead atoms. The highest BCUT2D eigenvalue weighted by Gasteiger charge is 2.20. The maximum absolute atomic E-state index is 3.59. The van der Waals surface area contributed by atoms with E-state index in [1.165, 1.54) is 41.9 Å². The van der Waals surface area contributed by atoms with Crippen molar-refractivity contribution in [3.8, 4) is 5.69 Å². The van der Waals surface area contributed by atoms with Crippen molar-refractivity contribution < 1.29 is 0 Å². The third kappa shape index (κ3) is 2.96. The first-order chi connectivity index (χ1) is 9.75. The Morgan fingerprint density at radius 1 is 1.15 bits per heavy atom. The molecule has 2 aromatic rings. The molecule has 1 aliphatic rings. The zero-order chi connectivity index (χ0) is 13.9. The van der Waals surface area contributed by atoms with Crippen LogP contribution in [0.15, 0.2) is 36.4 Å². The second-order valence-corrected chi connectivity index (χ2v) is 5.98. The fraction of sp³-hybridized carbons (Fsp3) is 0.444. The van der Waals surface area contributed by atoms with E-state index in [0.717, 1.165) is 19.0 Å². The zero-order valence-corrected chi connectivity index (χ0v) is 12.5. The van der Waals surface area contributed by atoms with Crippen LogP contribution in [0.5, 0.6) is 0 Å². The first kappa shape index (κ1) is 13.4. The molecule has 1 N–H and O–H groups in total. The molecule has 2 heteroatoms. The molecule has 1 fully saturated rings. The van der Waals surface area contributed by atoms with Crippen LogP contribution >= 0.6 is 0 Å². The molecule has 0 amide bonds. The SMILES string of the molecule is Cc1cc(CNCCC2CC2)c(C)n1-c1ccccc1. The lowest BCUT2D eigenvalue weighted by atomic mass is 10.2. The van der Waals surface area contributed by atoms with Gasteiger partial charge in [-0.3, -0.25) is 0 Å². The van der Waals surface area contributed by atoms with Crippen molar-refractivity contribution >= 4 is 0 Å². The van der Waals surface area contributed by atoms with Crippen LogP contribution < -0.4 is 5.32 Å². The van der Waals surface area contributed by atoms with E-state index in [1.807, 2.05) is 0 Å². The van der Waals surface area contributed by atoms with Gasteiger partial charge in [0.15, 0.2) is 0 Å². The summed E-state index contributed by atoms with van der Waals surface area (Å²) >= 11 is 0. The van der Waals surface area contributed by atoms with Crippen molar-refractivity contribution in [1.82, 2.24) is 9.88 Å². The second-order valence-electron chi connectivity index (χ2n) is 5.98. The number of nitrogens with one attached hydrogen (secondary N) is 1. The van der Waals surface area contributed by atoms with Crippen molar-refractivity contribution in [2.75, 3.05) is 6.54 Å². The smallest absolute Gasteiger partial charge is 0.0455 e. The van der Waals surface area contributed by atoms with Gasteiger partial charge in [0.2, 0.25) is 0 Å². The largest absolute Gasteiger partial charge is 0.318 e. The number of benzene rings is 1. The average molecular weight is 268 g/mol. The summed E-state index contributed by atoms with van der Waals surface area (Å²) in [7, 11) is 0. The summed E-state index contributed by atoms with van der Waals surface area (Å²) in [5.41, 5.74) is 5.34. The third-order valence-electron chi connectivity index (χ3n) is 4.29. The highest BCUT2D eigenvalue weighted by Crippen LogP contribution is 2.31. The molecule has 106 valence electrons. The van der Waals surface area contributed by atoms with Crippen molar-refractivity contribution in [3.63, 3.8) is 0 Å². The predicted molar refractivity (Wildman–Crippen MR) is 84.3 cm³/mol. The van der Waals surface area contributed by atoms with Gasteiger partial charge in [0.1, 0.15) is 0 Å². The summed E-state index contributed by atoms with van der Waals surface area (Å²) < 4.78 is 2.35. The van der Waals surface area contributed by atoms with E-state index in [4.69, 9.17) is 0 Å². The Balaban J connectivity index is 1.69. The molecule has 1 aromatic carbocycles. The van der Waals surface area contributed by atoms with Crippen LogP contribution in [0.2, 0.25) is 0 Å². The molecular formula is C18H24N2. The summed E-state index contributed by atoms with van der Waals surface area (Å²) in [6, 6.07) is 12.9. The minimum absolute atomic E-state index is 0.985. The quantitative estimate of drug-likeness (QED) is 0.784. The van der Waals surface area contributed by atoms with Crippen molar-refractivity contribution in [2.45, 2.75) is 39.7 Å². The van der Waals surface area contributed by atoms with Crippen LogP contribution in [-0.2, 0) is 6.54 Å². The van der Waals surface area contributed by atoms with Crippen molar-refractivity contribution in [3.05, 3.63) is 53.3 Å². The van der Waals surface area contributed by atoms with Gasteiger partial charge < -0.3 is 9.88 Å². The molecule has 0 saturated heterocycles. The molecule has 0 aliphatic heterocycles. The van der Waals surface area contributed by atoms with Crippen molar-refractivity contribution in [1.29, 1.82) is 0 Å². The van der Waals surface area contributed by atoms with E-state index in [0.29, 0.717) is 0 Å². The molecule has 0 radical (unpaired) electrons. The van der Waals surface area contributed by atoms with Crippen LogP contribution in [0.25, 0.3) is 5.69 Å². The molecule has 0 unspecified atom stereocenters. The molecule has 1 aliphatic carbocycles. The van der Waals surface area contributed by atoms with E-state index >= 15 is 0 Å². The van der Waals surface area contributed by atoms with Crippen LogP contribution in [0.4, 0.5) is 0 Å². The van der Waals surface area contributed by atoms with Gasteiger partial charge in [-0.05, 0) is 56.5 Å². The molecule has 2 nitrogen and oxygen atoms in total. The van der Waals surface area contributed by atoms with E-state index in [-0.39, 0.29) is 0 Å². The Morgan fingerprint density at radius 2 is 1.90 bits per heavy atom. The second kappa shape index (κ2) is 5.84. The van der Waals surface area contributed by atoms with Gasteiger partial charge in [-0.1, -0.05) is 31.0 Å². The molecule has 0 spiro atoms. The summed E-state index contributed by atoms with van der Waals surface area (Å²) in [6.07, 6.45) is 4.24. The lowest BCUT2D eigenvalue weighted by Gasteiger charge is -2.10. The highest BCUT2D eigenvalue weighted by atomic mass is 15.0. The zero-order valence-electron chi connectivity index (χ0n) is 12.5. The normalized spacial score (nSPS) is 14.7. The van der Waals surface area contributed by atoms with E-state index < -0.39 is 0 Å². The molecule has 1 aromatic heterocycles. The van der Waals surface area contributed by atoms with Gasteiger partial charge >= 0.3 is 0 Å². The van der Waals surface area contributed by atoms with Gasteiger partial charge in [-0.25, -0.2) is 0 Å². The Hall–Kier alpha value is -1.54. The number of para-hydroxylation sites is 1. The predicted octanol–water partition coefficient (Wildman–Crippen LogP) is 3.98. The molecule has 3 rings (SSSR count). The number of rotatable bonds is 6. The van der Waals surface area contributed by atoms with Gasteiger partial charge in [-0.2, -0.15) is 0 Å². The standard InChI is InChI=1S/C18H24N2/c1-14-12-17(13-19-11-10-16-8-9-16)15(2)20(14)18-6-4-3-5-7-18/h3-7,12,16,19H,8-11,13H2,1-2H3. The van der Waals surface area contributed by atoms with Crippen LogP contribution in [-0.4, -0.2) is 11.1 Å². The lowest BCUT2D eigenvalue weighted by molar-refractivity contribution is 0.611. The topological polar surface area (TPSA) is 17.0 Å². The third-order valence-corrected chi connectivity index (χ3v) is 4.29. The Kier molecular flexibility index (Phi) is 3.93. The number of aryl methyl sites for hydroxylation is 1. The molecule has 1 heterocycles. The minimum Gasteiger partial charge on any atom is -0.318 e. The average Bonchev–Trinajstić information content (AvgIpc) is 3.23. The number of nitrogens with zero attached hydrogens (tertiary/aromatic N) is 1. The number of hydrogen-bond acceptors (Lipinski definition) is 1. The molecule has 0 atom stereocenters. The summed E-state index contributed by atoms with van der Waals surface area (Å²) in [5.74, 6) is 1.01. The minimum atomic E-state index is 0.985. The Bertz CT molecular complexity index is 565. The van der Waals surface area contributed by atoms with Crippen molar-refractivity contribution in [2.24, 2.45) is 5.92 Å². The Morgan fingerprint density at radius 3 is 2.60 bits per heavy atom. The first-order valence-electron chi connectivity index (χ1n) is 7.69. The fourth-order valence-electron chi connectivity index (χ4n) is 2.92.